The van der Waals surface area contributed by atoms with Crippen LogP contribution in [0.3, 0.4) is 0 Å². The summed E-state index contributed by atoms with van der Waals surface area (Å²) in [6.45, 7) is 1.53. The summed E-state index contributed by atoms with van der Waals surface area (Å²) in [7, 11) is -3.67. The van der Waals surface area contributed by atoms with Gasteiger partial charge < -0.3 is 4.42 Å². The fourth-order valence-electron chi connectivity index (χ4n) is 2.72. The summed E-state index contributed by atoms with van der Waals surface area (Å²) in [4.78, 5) is 0. The van der Waals surface area contributed by atoms with Crippen LogP contribution < -0.4 is 4.31 Å². The number of nitrogens with zero attached hydrogens (tertiary/aromatic N) is 3. The maximum absolute atomic E-state index is 14.7. The summed E-state index contributed by atoms with van der Waals surface area (Å²) < 4.78 is 71.2. The van der Waals surface area contributed by atoms with Crippen LogP contribution in [0.2, 0.25) is 0 Å². The van der Waals surface area contributed by atoms with Gasteiger partial charge in [0.25, 0.3) is 5.89 Å². The number of benzene rings is 2. The zero-order valence-electron chi connectivity index (χ0n) is 15.4. The molecule has 0 saturated heterocycles. The predicted molar refractivity (Wildman–Crippen MR) is 101 cm³/mol. The number of para-hydroxylation sites is 1. The lowest BCUT2D eigenvalue weighted by molar-refractivity contribution is 0.116. The van der Waals surface area contributed by atoms with Gasteiger partial charge in [0, 0.05) is 11.1 Å². The topological polar surface area (TPSA) is 76.3 Å². The van der Waals surface area contributed by atoms with E-state index >= 15 is 0 Å². The second-order valence-corrected chi connectivity index (χ2v) is 8.22. The maximum Gasteiger partial charge on any atom is 0.314 e. The normalized spacial score (nSPS) is 11.8. The Kier molecular flexibility index (Phi) is 6.21. The van der Waals surface area contributed by atoms with Crippen LogP contribution in [0.1, 0.15) is 31.2 Å². The van der Waals surface area contributed by atoms with Crippen LogP contribution in [0.15, 0.2) is 52.9 Å². The molecule has 154 valence electrons. The van der Waals surface area contributed by atoms with E-state index in [2.05, 4.69) is 10.2 Å². The van der Waals surface area contributed by atoms with Gasteiger partial charge in [0.2, 0.25) is 15.9 Å². The maximum atomic E-state index is 14.7. The first-order valence-corrected chi connectivity index (χ1v) is 10.4. The molecule has 1 aromatic heterocycles. The smallest absolute Gasteiger partial charge is 0.314 e. The van der Waals surface area contributed by atoms with Crippen molar-refractivity contribution in [3.8, 4) is 11.5 Å². The minimum atomic E-state index is -3.67. The van der Waals surface area contributed by atoms with Gasteiger partial charge in [-0.2, -0.15) is 8.78 Å². The van der Waals surface area contributed by atoms with E-state index in [0.29, 0.717) is 12.1 Å². The first-order valence-electron chi connectivity index (χ1n) is 8.77. The molecule has 10 heteroatoms. The van der Waals surface area contributed by atoms with Crippen LogP contribution in [-0.2, 0) is 16.6 Å². The molecule has 0 amide bonds. The molecule has 0 bridgehead atoms. The molecule has 0 N–H and O–H groups in total. The van der Waals surface area contributed by atoms with Gasteiger partial charge in [0.05, 0.1) is 18.0 Å². The van der Waals surface area contributed by atoms with Crippen molar-refractivity contribution in [1.29, 1.82) is 0 Å². The van der Waals surface area contributed by atoms with E-state index in [1.165, 1.54) is 12.1 Å². The van der Waals surface area contributed by atoms with Crippen molar-refractivity contribution >= 4 is 15.7 Å². The van der Waals surface area contributed by atoms with Gasteiger partial charge in [0.1, 0.15) is 5.82 Å². The minimum absolute atomic E-state index is 0.0833. The third-order valence-electron chi connectivity index (χ3n) is 4.08. The highest BCUT2D eigenvalue weighted by Gasteiger charge is 2.24. The lowest BCUT2D eigenvalue weighted by atomic mass is 10.1. The number of aromatic nitrogens is 2. The SMILES string of the molecule is CCCS(=O)(=O)N(Cc1ccc(-c2nnc(C(F)F)o2)cc1F)c1ccccc1. The van der Waals surface area contributed by atoms with Crippen molar-refractivity contribution in [2.24, 2.45) is 0 Å². The molecule has 0 aliphatic rings. The predicted octanol–water partition coefficient (Wildman–Crippen LogP) is 4.56. The van der Waals surface area contributed by atoms with Crippen LogP contribution in [-0.4, -0.2) is 24.4 Å². The number of halogens is 3. The molecule has 3 aromatic rings. The van der Waals surface area contributed by atoms with E-state index in [0.717, 1.165) is 10.4 Å². The Morgan fingerprint density at radius 3 is 2.41 bits per heavy atom. The minimum Gasteiger partial charge on any atom is -0.415 e. The van der Waals surface area contributed by atoms with Crippen molar-refractivity contribution in [3.63, 3.8) is 0 Å². The highest BCUT2D eigenvalue weighted by Crippen LogP contribution is 2.27. The largest absolute Gasteiger partial charge is 0.415 e. The van der Waals surface area contributed by atoms with Gasteiger partial charge >= 0.3 is 6.43 Å². The zero-order chi connectivity index (χ0) is 21.0. The molecule has 29 heavy (non-hydrogen) atoms. The summed E-state index contributed by atoms with van der Waals surface area (Å²) in [5.74, 6) is -1.90. The molecule has 0 aliphatic carbocycles. The summed E-state index contributed by atoms with van der Waals surface area (Å²) >= 11 is 0. The molecule has 0 aliphatic heterocycles. The molecular formula is C19H18F3N3O3S. The highest BCUT2D eigenvalue weighted by molar-refractivity contribution is 7.92. The number of alkyl halides is 2. The molecule has 1 heterocycles. The van der Waals surface area contributed by atoms with Crippen molar-refractivity contribution in [1.82, 2.24) is 10.2 Å². The van der Waals surface area contributed by atoms with E-state index in [-0.39, 0.29) is 29.3 Å². The van der Waals surface area contributed by atoms with Crippen LogP contribution in [0.5, 0.6) is 0 Å². The summed E-state index contributed by atoms with van der Waals surface area (Å²) in [5, 5.41) is 6.69. The molecule has 6 nitrogen and oxygen atoms in total. The van der Waals surface area contributed by atoms with Crippen LogP contribution in [0.4, 0.5) is 18.9 Å². The molecule has 3 rings (SSSR count). The summed E-state index contributed by atoms with van der Waals surface area (Å²) in [6, 6.07) is 12.2. The van der Waals surface area contributed by atoms with E-state index in [1.54, 1.807) is 37.3 Å². The van der Waals surface area contributed by atoms with Gasteiger partial charge in [-0.05, 0) is 30.7 Å². The lowest BCUT2D eigenvalue weighted by Gasteiger charge is -2.24. The van der Waals surface area contributed by atoms with Crippen molar-refractivity contribution in [2.75, 3.05) is 10.1 Å². The lowest BCUT2D eigenvalue weighted by Crippen LogP contribution is -2.32. The Morgan fingerprint density at radius 1 is 1.10 bits per heavy atom. The molecule has 0 unspecified atom stereocenters. The summed E-state index contributed by atoms with van der Waals surface area (Å²) in [6.07, 6.45) is -2.51. The van der Waals surface area contributed by atoms with Gasteiger partial charge in [-0.3, -0.25) is 4.31 Å². The van der Waals surface area contributed by atoms with Crippen LogP contribution in [0, 0.1) is 5.82 Å². The van der Waals surface area contributed by atoms with Crippen molar-refractivity contribution in [3.05, 3.63) is 65.8 Å². The summed E-state index contributed by atoms with van der Waals surface area (Å²) in [5.41, 5.74) is 0.655. The average molecular weight is 425 g/mol. The second kappa shape index (κ2) is 8.64. The molecule has 0 fully saturated rings. The van der Waals surface area contributed by atoms with Crippen LogP contribution in [0.25, 0.3) is 11.5 Å². The Morgan fingerprint density at radius 2 is 1.83 bits per heavy atom. The number of rotatable bonds is 8. The number of sulfonamides is 1. The van der Waals surface area contributed by atoms with Crippen molar-refractivity contribution < 1.29 is 26.0 Å². The third kappa shape index (κ3) is 4.76. The third-order valence-corrected chi connectivity index (χ3v) is 6.02. The molecule has 0 atom stereocenters. The Bertz CT molecular complexity index is 1070. The average Bonchev–Trinajstić information content (AvgIpc) is 3.18. The molecular weight excluding hydrogens is 407 g/mol. The molecule has 2 aromatic carbocycles. The fourth-order valence-corrected chi connectivity index (χ4v) is 4.23. The van der Waals surface area contributed by atoms with Gasteiger partial charge in [0.15, 0.2) is 0 Å². The number of hydrogen-bond acceptors (Lipinski definition) is 5. The first kappa shape index (κ1) is 20.8. The Balaban J connectivity index is 1.92. The zero-order valence-corrected chi connectivity index (χ0v) is 16.2. The van der Waals surface area contributed by atoms with Crippen molar-refractivity contribution in [2.45, 2.75) is 26.3 Å². The second-order valence-electron chi connectivity index (χ2n) is 6.21. The van der Waals surface area contributed by atoms with E-state index in [9.17, 15) is 21.6 Å². The monoisotopic (exact) mass is 425 g/mol. The van der Waals surface area contributed by atoms with Gasteiger partial charge in [-0.1, -0.05) is 31.2 Å². The first-order chi connectivity index (χ1) is 13.8. The Labute approximate surface area is 166 Å². The van der Waals surface area contributed by atoms with Gasteiger partial charge in [-0.15, -0.1) is 10.2 Å². The van der Waals surface area contributed by atoms with E-state index in [1.807, 2.05) is 0 Å². The highest BCUT2D eigenvalue weighted by atomic mass is 32.2. The Hall–Kier alpha value is -2.88. The number of anilines is 1. The van der Waals surface area contributed by atoms with Gasteiger partial charge in [-0.25, -0.2) is 12.8 Å². The molecule has 0 radical (unpaired) electrons. The molecule has 0 spiro atoms. The molecule has 0 saturated carbocycles. The standard InChI is InChI=1S/C19H18F3N3O3S/c1-2-10-29(26,27)25(15-6-4-3-5-7-15)12-14-9-8-13(11-16(14)20)18-23-24-19(28-18)17(21)22/h3-9,11,17H,2,10,12H2,1H3. The van der Waals surface area contributed by atoms with E-state index < -0.39 is 28.2 Å². The van der Waals surface area contributed by atoms with Crippen LogP contribution >= 0.6 is 0 Å². The quantitative estimate of drug-likeness (QED) is 0.529. The number of hydrogen-bond donors (Lipinski definition) is 0. The fraction of sp³-hybridized carbons (Fsp3) is 0.263. The van der Waals surface area contributed by atoms with E-state index in [4.69, 9.17) is 4.42 Å².